The molecule has 0 spiro atoms. The average molecular weight is 340 g/mol. The van der Waals surface area contributed by atoms with Gasteiger partial charge in [0.2, 0.25) is 5.91 Å². The summed E-state index contributed by atoms with van der Waals surface area (Å²) < 4.78 is 4.01. The molecule has 3 heterocycles. The molecule has 3 rings (SSSR count). The SMILES string of the molecule is Nc1csnc1CC(=O)N[C@@H]1C(=O)N2C(C(=O)O)=CCS[C@H]12. The molecule has 1 saturated heterocycles. The Balaban J connectivity index is 1.64. The zero-order valence-electron chi connectivity index (χ0n) is 11.2. The standard InChI is InChI=1S/C12H12N4O4S2/c13-5-4-22-15-6(5)3-8(17)14-9-10(18)16-7(12(19)20)1-2-21-11(9)16/h1,4,9,11H,2-3,13H2,(H,14,17)(H,19,20)/t9-,11-/m1/s1. The molecule has 1 aromatic heterocycles. The lowest BCUT2D eigenvalue weighted by Gasteiger charge is -2.48. The van der Waals surface area contributed by atoms with Gasteiger partial charge in [0.25, 0.3) is 5.91 Å². The number of β-lactam (4-membered cyclic amide) rings is 1. The van der Waals surface area contributed by atoms with Gasteiger partial charge in [-0.1, -0.05) is 0 Å². The number of carbonyl (C=O) groups is 3. The van der Waals surface area contributed by atoms with Crippen LogP contribution in [0.3, 0.4) is 0 Å². The number of nitrogens with zero attached hydrogens (tertiary/aromatic N) is 2. The second kappa shape index (κ2) is 5.61. The number of carboxylic acids is 1. The van der Waals surface area contributed by atoms with Gasteiger partial charge in [-0.3, -0.25) is 14.5 Å². The van der Waals surface area contributed by atoms with Crippen molar-refractivity contribution < 1.29 is 19.5 Å². The lowest BCUT2D eigenvalue weighted by atomic mass is 10.0. The third-order valence-electron chi connectivity index (χ3n) is 3.39. The number of fused-ring (bicyclic) bond motifs is 1. The van der Waals surface area contributed by atoms with E-state index >= 15 is 0 Å². The van der Waals surface area contributed by atoms with E-state index in [1.807, 2.05) is 0 Å². The lowest BCUT2D eigenvalue weighted by molar-refractivity contribution is -0.150. The van der Waals surface area contributed by atoms with E-state index in [1.165, 1.54) is 22.7 Å². The van der Waals surface area contributed by atoms with Crippen molar-refractivity contribution in [3.63, 3.8) is 0 Å². The van der Waals surface area contributed by atoms with Crippen LogP contribution in [0.2, 0.25) is 0 Å². The quantitative estimate of drug-likeness (QED) is 0.639. The number of nitrogens with one attached hydrogen (secondary N) is 1. The van der Waals surface area contributed by atoms with Crippen LogP contribution in [0.5, 0.6) is 0 Å². The summed E-state index contributed by atoms with van der Waals surface area (Å²) in [4.78, 5) is 36.4. The highest BCUT2D eigenvalue weighted by Gasteiger charge is 2.52. The van der Waals surface area contributed by atoms with E-state index in [-0.39, 0.29) is 23.4 Å². The van der Waals surface area contributed by atoms with E-state index in [4.69, 9.17) is 10.8 Å². The second-order valence-corrected chi connectivity index (χ2v) is 6.54. The number of amides is 2. The van der Waals surface area contributed by atoms with Gasteiger partial charge in [0.05, 0.1) is 17.8 Å². The van der Waals surface area contributed by atoms with Crippen LogP contribution in [-0.4, -0.2) is 49.3 Å². The van der Waals surface area contributed by atoms with E-state index in [9.17, 15) is 14.4 Å². The third kappa shape index (κ3) is 2.44. The summed E-state index contributed by atoms with van der Waals surface area (Å²) in [5, 5.41) is 13.0. The third-order valence-corrected chi connectivity index (χ3v) is 5.25. The van der Waals surface area contributed by atoms with E-state index in [1.54, 1.807) is 5.38 Å². The summed E-state index contributed by atoms with van der Waals surface area (Å²) in [6, 6.07) is -0.708. The monoisotopic (exact) mass is 340 g/mol. The highest BCUT2D eigenvalue weighted by atomic mass is 32.2. The number of aliphatic carboxylic acids is 1. The highest BCUT2D eigenvalue weighted by Crippen LogP contribution is 2.37. The minimum absolute atomic E-state index is 0.00186. The number of carboxylic acid groups (broad SMARTS) is 1. The van der Waals surface area contributed by atoms with E-state index in [0.717, 1.165) is 11.5 Å². The Morgan fingerprint density at radius 2 is 2.32 bits per heavy atom. The van der Waals surface area contributed by atoms with Crippen molar-refractivity contribution in [1.29, 1.82) is 0 Å². The van der Waals surface area contributed by atoms with Gasteiger partial charge in [0.15, 0.2) is 0 Å². The van der Waals surface area contributed by atoms with Crippen molar-refractivity contribution in [2.45, 2.75) is 17.8 Å². The maximum Gasteiger partial charge on any atom is 0.352 e. The summed E-state index contributed by atoms with van der Waals surface area (Å²) in [5.41, 5.74) is 6.57. The van der Waals surface area contributed by atoms with Crippen LogP contribution in [0.1, 0.15) is 5.69 Å². The Morgan fingerprint density at radius 1 is 1.55 bits per heavy atom. The van der Waals surface area contributed by atoms with Crippen molar-refractivity contribution in [2.24, 2.45) is 0 Å². The van der Waals surface area contributed by atoms with Gasteiger partial charge in [0.1, 0.15) is 17.1 Å². The molecule has 2 aliphatic rings. The van der Waals surface area contributed by atoms with Crippen molar-refractivity contribution in [1.82, 2.24) is 14.6 Å². The van der Waals surface area contributed by atoms with Gasteiger partial charge < -0.3 is 16.2 Å². The van der Waals surface area contributed by atoms with Gasteiger partial charge in [-0.15, -0.1) is 11.8 Å². The number of nitrogens with two attached hydrogens (primary N) is 1. The molecule has 2 amide bonds. The molecule has 0 bridgehead atoms. The fourth-order valence-corrected chi connectivity index (χ4v) is 4.11. The predicted octanol–water partition coefficient (Wildman–Crippen LogP) is -0.364. The van der Waals surface area contributed by atoms with Gasteiger partial charge in [-0.2, -0.15) is 4.37 Å². The van der Waals surface area contributed by atoms with Crippen LogP contribution in [0.25, 0.3) is 0 Å². The molecule has 0 aromatic carbocycles. The number of aromatic nitrogens is 1. The first kappa shape index (κ1) is 14.9. The number of nitrogen functional groups attached to an aromatic ring is 1. The van der Waals surface area contributed by atoms with Crippen molar-refractivity contribution in [2.75, 3.05) is 11.5 Å². The molecule has 0 saturated carbocycles. The van der Waals surface area contributed by atoms with Crippen molar-refractivity contribution in [3.05, 3.63) is 22.8 Å². The van der Waals surface area contributed by atoms with Crippen LogP contribution >= 0.6 is 23.3 Å². The Hall–Kier alpha value is -2.07. The molecule has 0 aliphatic carbocycles. The molecule has 116 valence electrons. The Morgan fingerprint density at radius 3 is 2.95 bits per heavy atom. The molecule has 2 atom stereocenters. The summed E-state index contributed by atoms with van der Waals surface area (Å²) in [6.45, 7) is 0. The van der Waals surface area contributed by atoms with Crippen LogP contribution < -0.4 is 11.1 Å². The first-order chi connectivity index (χ1) is 10.5. The zero-order valence-corrected chi connectivity index (χ0v) is 12.8. The number of carbonyl (C=O) groups excluding carboxylic acids is 2. The number of rotatable bonds is 4. The Kier molecular flexibility index (Phi) is 3.79. The summed E-state index contributed by atoms with van der Waals surface area (Å²) in [5.74, 6) is -1.42. The number of hydrogen-bond donors (Lipinski definition) is 3. The summed E-state index contributed by atoms with van der Waals surface area (Å²) >= 11 is 2.57. The fraction of sp³-hybridized carbons (Fsp3) is 0.333. The largest absolute Gasteiger partial charge is 0.477 e. The molecule has 0 unspecified atom stereocenters. The van der Waals surface area contributed by atoms with Gasteiger partial charge >= 0.3 is 5.97 Å². The first-order valence-electron chi connectivity index (χ1n) is 6.35. The van der Waals surface area contributed by atoms with Crippen LogP contribution in [0.15, 0.2) is 17.2 Å². The van der Waals surface area contributed by atoms with Crippen LogP contribution in [0, 0.1) is 0 Å². The van der Waals surface area contributed by atoms with E-state index < -0.39 is 17.9 Å². The fourth-order valence-electron chi connectivity index (χ4n) is 2.32. The van der Waals surface area contributed by atoms with Crippen LogP contribution in [-0.2, 0) is 20.8 Å². The van der Waals surface area contributed by atoms with Gasteiger partial charge in [-0.05, 0) is 17.6 Å². The van der Waals surface area contributed by atoms with E-state index in [0.29, 0.717) is 17.1 Å². The zero-order chi connectivity index (χ0) is 15.9. The van der Waals surface area contributed by atoms with Crippen molar-refractivity contribution >= 4 is 46.8 Å². The molecule has 1 aromatic rings. The molecular formula is C12H12N4O4S2. The minimum Gasteiger partial charge on any atom is -0.477 e. The number of hydrogen-bond acceptors (Lipinski definition) is 7. The van der Waals surface area contributed by atoms with Crippen LogP contribution in [0.4, 0.5) is 5.69 Å². The topological polar surface area (TPSA) is 126 Å². The Bertz CT molecular complexity index is 686. The number of thioether (sulfide) groups is 1. The molecule has 4 N–H and O–H groups in total. The Labute approximate surface area is 133 Å². The molecular weight excluding hydrogens is 328 g/mol. The second-order valence-electron chi connectivity index (χ2n) is 4.77. The maximum absolute atomic E-state index is 12.1. The predicted molar refractivity (Wildman–Crippen MR) is 81.0 cm³/mol. The van der Waals surface area contributed by atoms with E-state index in [2.05, 4.69) is 9.69 Å². The molecule has 10 heteroatoms. The molecule has 8 nitrogen and oxygen atoms in total. The average Bonchev–Trinajstić information content (AvgIpc) is 2.88. The lowest BCUT2D eigenvalue weighted by Crippen LogP contribution is -2.70. The van der Waals surface area contributed by atoms with Crippen molar-refractivity contribution in [3.8, 4) is 0 Å². The normalized spacial score (nSPS) is 23.4. The summed E-state index contributed by atoms with van der Waals surface area (Å²) in [7, 11) is 0. The summed E-state index contributed by atoms with van der Waals surface area (Å²) in [6.07, 6.45) is 1.49. The van der Waals surface area contributed by atoms with Gasteiger partial charge in [-0.25, -0.2) is 4.79 Å². The molecule has 22 heavy (non-hydrogen) atoms. The first-order valence-corrected chi connectivity index (χ1v) is 8.24. The molecule has 2 aliphatic heterocycles. The van der Waals surface area contributed by atoms with Gasteiger partial charge in [0, 0.05) is 11.1 Å². The number of anilines is 1. The maximum atomic E-state index is 12.1. The smallest absolute Gasteiger partial charge is 0.352 e. The minimum atomic E-state index is -1.14. The highest BCUT2D eigenvalue weighted by molar-refractivity contribution is 8.00. The molecule has 1 fully saturated rings. The molecule has 0 radical (unpaired) electrons.